The highest BCUT2D eigenvalue weighted by Gasteiger charge is 2.39. The minimum atomic E-state index is 0.294. The second kappa shape index (κ2) is 3.82. The van der Waals surface area contributed by atoms with Crippen molar-refractivity contribution in [1.82, 2.24) is 10.2 Å². The zero-order chi connectivity index (χ0) is 11.0. The SMILES string of the molecule is CCC1(C)CN(C(C)C)C(C)(C)CN1. The predicted octanol–water partition coefficient (Wildman–Crippen LogP) is 2.25. The van der Waals surface area contributed by atoms with Crippen LogP contribution in [0, 0.1) is 0 Å². The summed E-state index contributed by atoms with van der Waals surface area (Å²) in [5.74, 6) is 0. The van der Waals surface area contributed by atoms with Gasteiger partial charge in [-0.25, -0.2) is 0 Å². The molecular formula is C12H26N2. The zero-order valence-electron chi connectivity index (χ0n) is 10.6. The van der Waals surface area contributed by atoms with E-state index in [1.165, 1.54) is 6.42 Å². The predicted molar refractivity (Wildman–Crippen MR) is 62.6 cm³/mol. The first-order valence-electron chi connectivity index (χ1n) is 5.82. The van der Waals surface area contributed by atoms with Crippen LogP contribution in [0.2, 0.25) is 0 Å². The van der Waals surface area contributed by atoms with E-state index >= 15 is 0 Å². The molecule has 0 amide bonds. The normalized spacial score (nSPS) is 33.6. The van der Waals surface area contributed by atoms with Gasteiger partial charge in [-0.3, -0.25) is 4.90 Å². The minimum absolute atomic E-state index is 0.294. The lowest BCUT2D eigenvalue weighted by molar-refractivity contribution is 0.00722. The summed E-state index contributed by atoms with van der Waals surface area (Å²) in [4.78, 5) is 2.62. The van der Waals surface area contributed by atoms with E-state index in [2.05, 4.69) is 51.8 Å². The molecule has 1 N–H and O–H groups in total. The largest absolute Gasteiger partial charge is 0.308 e. The number of nitrogens with one attached hydrogen (secondary N) is 1. The van der Waals surface area contributed by atoms with Crippen molar-refractivity contribution in [2.24, 2.45) is 0 Å². The van der Waals surface area contributed by atoms with E-state index in [1.807, 2.05) is 0 Å². The Morgan fingerprint density at radius 2 is 1.86 bits per heavy atom. The molecule has 0 aliphatic carbocycles. The number of rotatable bonds is 2. The fraction of sp³-hybridized carbons (Fsp3) is 1.00. The van der Waals surface area contributed by atoms with Gasteiger partial charge in [0.2, 0.25) is 0 Å². The fourth-order valence-electron chi connectivity index (χ4n) is 2.30. The summed E-state index contributed by atoms with van der Waals surface area (Å²) in [5.41, 5.74) is 0.600. The molecule has 1 heterocycles. The third-order valence-electron chi connectivity index (χ3n) is 3.65. The number of hydrogen-bond acceptors (Lipinski definition) is 2. The van der Waals surface area contributed by atoms with E-state index in [9.17, 15) is 0 Å². The summed E-state index contributed by atoms with van der Waals surface area (Å²) in [6, 6.07) is 0.637. The minimum Gasteiger partial charge on any atom is -0.308 e. The molecule has 84 valence electrons. The van der Waals surface area contributed by atoms with Gasteiger partial charge >= 0.3 is 0 Å². The highest BCUT2D eigenvalue weighted by atomic mass is 15.3. The first kappa shape index (κ1) is 12.0. The van der Waals surface area contributed by atoms with Crippen LogP contribution in [0.5, 0.6) is 0 Å². The monoisotopic (exact) mass is 198 g/mol. The van der Waals surface area contributed by atoms with E-state index in [1.54, 1.807) is 0 Å². The van der Waals surface area contributed by atoms with Crippen LogP contribution in [0.1, 0.15) is 48.0 Å². The molecule has 0 saturated carbocycles. The molecule has 1 unspecified atom stereocenters. The average molecular weight is 198 g/mol. The average Bonchev–Trinajstić information content (AvgIpc) is 2.09. The fourth-order valence-corrected chi connectivity index (χ4v) is 2.30. The summed E-state index contributed by atoms with van der Waals surface area (Å²) in [6.45, 7) is 16.1. The highest BCUT2D eigenvalue weighted by molar-refractivity contribution is 4.99. The molecule has 1 rings (SSSR count). The van der Waals surface area contributed by atoms with Crippen molar-refractivity contribution in [3.05, 3.63) is 0 Å². The smallest absolute Gasteiger partial charge is 0.0281 e. The quantitative estimate of drug-likeness (QED) is 0.732. The number of nitrogens with zero attached hydrogens (tertiary/aromatic N) is 1. The molecular weight excluding hydrogens is 172 g/mol. The lowest BCUT2D eigenvalue weighted by atomic mass is 9.87. The Kier molecular flexibility index (Phi) is 3.27. The summed E-state index contributed by atoms with van der Waals surface area (Å²) in [6.07, 6.45) is 1.20. The molecule has 2 heteroatoms. The van der Waals surface area contributed by atoms with Crippen molar-refractivity contribution in [2.45, 2.75) is 65.1 Å². The lowest BCUT2D eigenvalue weighted by Gasteiger charge is -2.52. The van der Waals surface area contributed by atoms with Crippen LogP contribution in [-0.2, 0) is 0 Å². The second-order valence-corrected chi connectivity index (χ2v) is 5.80. The Bertz CT molecular complexity index is 198. The van der Waals surface area contributed by atoms with Crippen LogP contribution >= 0.6 is 0 Å². The van der Waals surface area contributed by atoms with Crippen LogP contribution in [-0.4, -0.2) is 35.1 Å². The maximum absolute atomic E-state index is 3.68. The van der Waals surface area contributed by atoms with Crippen molar-refractivity contribution in [3.63, 3.8) is 0 Å². The van der Waals surface area contributed by atoms with Crippen LogP contribution in [0.15, 0.2) is 0 Å². The van der Waals surface area contributed by atoms with Crippen molar-refractivity contribution in [1.29, 1.82) is 0 Å². The van der Waals surface area contributed by atoms with Gasteiger partial charge in [-0.15, -0.1) is 0 Å². The maximum atomic E-state index is 3.68. The Morgan fingerprint density at radius 3 is 2.29 bits per heavy atom. The van der Waals surface area contributed by atoms with E-state index in [0.717, 1.165) is 13.1 Å². The van der Waals surface area contributed by atoms with Gasteiger partial charge in [0.1, 0.15) is 0 Å². The Balaban J connectivity index is 2.77. The summed E-state index contributed by atoms with van der Waals surface area (Å²) >= 11 is 0. The highest BCUT2D eigenvalue weighted by Crippen LogP contribution is 2.27. The zero-order valence-corrected chi connectivity index (χ0v) is 10.6. The van der Waals surface area contributed by atoms with Crippen LogP contribution in [0.25, 0.3) is 0 Å². The van der Waals surface area contributed by atoms with Gasteiger partial charge in [0.25, 0.3) is 0 Å². The molecule has 0 bridgehead atoms. The third kappa shape index (κ3) is 2.29. The van der Waals surface area contributed by atoms with E-state index in [0.29, 0.717) is 17.1 Å². The van der Waals surface area contributed by atoms with Crippen molar-refractivity contribution < 1.29 is 0 Å². The number of piperazine rings is 1. The topological polar surface area (TPSA) is 15.3 Å². The molecule has 0 spiro atoms. The Hall–Kier alpha value is -0.0800. The molecule has 1 aliphatic heterocycles. The summed E-state index contributed by atoms with van der Waals surface area (Å²) in [5, 5.41) is 3.68. The van der Waals surface area contributed by atoms with Gasteiger partial charge in [0, 0.05) is 30.2 Å². The first-order chi connectivity index (χ1) is 6.31. The molecule has 1 atom stereocenters. The van der Waals surface area contributed by atoms with E-state index < -0.39 is 0 Å². The van der Waals surface area contributed by atoms with Gasteiger partial charge in [-0.05, 0) is 41.0 Å². The first-order valence-corrected chi connectivity index (χ1v) is 5.82. The second-order valence-electron chi connectivity index (χ2n) is 5.80. The van der Waals surface area contributed by atoms with Gasteiger partial charge in [-0.1, -0.05) is 6.92 Å². The summed E-state index contributed by atoms with van der Waals surface area (Å²) < 4.78 is 0. The number of hydrogen-bond donors (Lipinski definition) is 1. The van der Waals surface area contributed by atoms with E-state index in [4.69, 9.17) is 0 Å². The van der Waals surface area contributed by atoms with Gasteiger partial charge in [-0.2, -0.15) is 0 Å². The summed E-state index contributed by atoms with van der Waals surface area (Å²) in [7, 11) is 0. The van der Waals surface area contributed by atoms with Gasteiger partial charge in [0.15, 0.2) is 0 Å². The third-order valence-corrected chi connectivity index (χ3v) is 3.65. The molecule has 0 aromatic rings. The molecule has 14 heavy (non-hydrogen) atoms. The molecule has 2 nitrogen and oxygen atoms in total. The lowest BCUT2D eigenvalue weighted by Crippen LogP contribution is -2.68. The standard InChI is InChI=1S/C12H26N2/c1-7-12(6)9-14(10(2)3)11(4,5)8-13-12/h10,13H,7-9H2,1-6H3. The van der Waals surface area contributed by atoms with Crippen molar-refractivity contribution >= 4 is 0 Å². The van der Waals surface area contributed by atoms with Gasteiger partial charge in [0.05, 0.1) is 0 Å². The molecule has 0 radical (unpaired) electrons. The van der Waals surface area contributed by atoms with Crippen LogP contribution in [0.4, 0.5) is 0 Å². The Morgan fingerprint density at radius 1 is 1.29 bits per heavy atom. The van der Waals surface area contributed by atoms with Crippen molar-refractivity contribution in [2.75, 3.05) is 13.1 Å². The van der Waals surface area contributed by atoms with Gasteiger partial charge < -0.3 is 5.32 Å². The molecule has 1 fully saturated rings. The molecule has 0 aromatic heterocycles. The molecule has 1 saturated heterocycles. The van der Waals surface area contributed by atoms with Crippen LogP contribution < -0.4 is 5.32 Å². The van der Waals surface area contributed by atoms with E-state index in [-0.39, 0.29) is 0 Å². The van der Waals surface area contributed by atoms with Crippen LogP contribution in [0.3, 0.4) is 0 Å². The van der Waals surface area contributed by atoms with Crippen molar-refractivity contribution in [3.8, 4) is 0 Å². The molecule has 1 aliphatic rings. The Labute approximate surface area is 89.1 Å². The maximum Gasteiger partial charge on any atom is 0.0281 e. The molecule has 0 aromatic carbocycles.